The Morgan fingerprint density at radius 3 is 1.68 bits per heavy atom. The van der Waals surface area contributed by atoms with Crippen LogP contribution in [0.4, 0.5) is 0 Å². The van der Waals surface area contributed by atoms with E-state index in [4.69, 9.17) is 0 Å². The molecule has 0 aliphatic rings. The largest absolute Gasteiger partial charge is 0.276 e. The van der Waals surface area contributed by atoms with Gasteiger partial charge in [0.1, 0.15) is 0 Å². The van der Waals surface area contributed by atoms with Crippen molar-refractivity contribution in [1.82, 2.24) is 25.4 Å². The van der Waals surface area contributed by atoms with E-state index in [9.17, 15) is 0 Å². The summed E-state index contributed by atoms with van der Waals surface area (Å²) in [4.78, 5) is 4.52. The van der Waals surface area contributed by atoms with Gasteiger partial charge in [-0.25, -0.2) is 4.98 Å². The number of halogens is 2. The zero-order chi connectivity index (χ0) is 12.8. The molecule has 3 heterocycles. The molecular formula is C11H9Cl2N5Ru. The van der Waals surface area contributed by atoms with Crippen molar-refractivity contribution in [2.24, 2.45) is 0 Å². The van der Waals surface area contributed by atoms with Gasteiger partial charge in [-0.05, 0) is 24.3 Å². The average molecular weight is 383 g/mol. The minimum absolute atomic E-state index is 0. The SMILES string of the molecule is [Cl-].[Cl][Ru+].c1cc(-c2ccn[nH]2)nc(-c2ccn[nH]2)c1. The normalized spacial score (nSPS) is 9.16. The molecule has 19 heavy (non-hydrogen) atoms. The van der Waals surface area contributed by atoms with E-state index in [0.29, 0.717) is 0 Å². The summed E-state index contributed by atoms with van der Waals surface area (Å²) in [5.41, 5.74) is 3.54. The number of H-pyrrole nitrogens is 2. The first kappa shape index (κ1) is 15.8. The predicted octanol–water partition coefficient (Wildman–Crippen LogP) is -0.447. The first-order valence-electron chi connectivity index (χ1n) is 5.03. The molecule has 0 saturated heterocycles. The van der Waals surface area contributed by atoms with Crippen molar-refractivity contribution in [2.75, 3.05) is 0 Å². The summed E-state index contributed by atoms with van der Waals surface area (Å²) < 4.78 is 0. The minimum Gasteiger partial charge on any atom is -0.276 e. The maximum absolute atomic E-state index is 4.57. The summed E-state index contributed by atoms with van der Waals surface area (Å²) in [5, 5.41) is 13.6. The van der Waals surface area contributed by atoms with Gasteiger partial charge in [-0.3, -0.25) is 10.2 Å². The molecule has 3 aromatic rings. The summed E-state index contributed by atoms with van der Waals surface area (Å²) >= 11 is 1.82. The fraction of sp³-hybridized carbons (Fsp3) is 0. The van der Waals surface area contributed by atoms with Gasteiger partial charge in [0.15, 0.2) is 0 Å². The molecule has 0 atom stereocenters. The van der Waals surface area contributed by atoms with E-state index < -0.39 is 0 Å². The van der Waals surface area contributed by atoms with E-state index in [1.807, 2.05) is 47.6 Å². The van der Waals surface area contributed by atoms with E-state index in [1.165, 1.54) is 0 Å². The number of aromatic amines is 2. The minimum atomic E-state index is 0. The van der Waals surface area contributed by atoms with E-state index >= 15 is 0 Å². The molecule has 0 fully saturated rings. The molecule has 0 radical (unpaired) electrons. The van der Waals surface area contributed by atoms with Crippen LogP contribution in [0.25, 0.3) is 22.8 Å². The first-order valence-corrected chi connectivity index (χ1v) is 7.27. The van der Waals surface area contributed by atoms with Crippen LogP contribution in [-0.4, -0.2) is 25.4 Å². The third-order valence-corrected chi connectivity index (χ3v) is 2.30. The van der Waals surface area contributed by atoms with Crippen molar-refractivity contribution in [2.45, 2.75) is 0 Å². The Kier molecular flexibility index (Phi) is 6.70. The van der Waals surface area contributed by atoms with Crippen LogP contribution in [0, 0.1) is 0 Å². The molecule has 100 valence electrons. The molecule has 0 aliphatic heterocycles. The number of pyridine rings is 1. The third kappa shape index (κ3) is 3.87. The van der Waals surface area contributed by atoms with Gasteiger partial charge in [0.05, 0.1) is 22.8 Å². The van der Waals surface area contributed by atoms with Crippen LogP contribution in [-0.2, 0) is 17.3 Å². The van der Waals surface area contributed by atoms with Crippen molar-refractivity contribution in [3.63, 3.8) is 0 Å². The van der Waals surface area contributed by atoms with Crippen LogP contribution in [0.1, 0.15) is 0 Å². The van der Waals surface area contributed by atoms with Crippen LogP contribution in [0.3, 0.4) is 0 Å². The molecule has 3 rings (SSSR count). The molecule has 5 nitrogen and oxygen atoms in total. The quantitative estimate of drug-likeness (QED) is 0.590. The number of nitrogens with zero attached hydrogens (tertiary/aromatic N) is 3. The maximum Gasteiger partial charge on any atom is 0.0888 e. The zero-order valence-electron chi connectivity index (χ0n) is 9.49. The molecule has 0 spiro atoms. The van der Waals surface area contributed by atoms with Gasteiger partial charge in [-0.15, -0.1) is 0 Å². The molecular weight excluding hydrogens is 374 g/mol. The van der Waals surface area contributed by atoms with Crippen LogP contribution in [0.15, 0.2) is 42.7 Å². The van der Waals surface area contributed by atoms with E-state index in [2.05, 4.69) is 35.1 Å². The molecule has 0 saturated carbocycles. The van der Waals surface area contributed by atoms with Crippen molar-refractivity contribution < 1.29 is 29.7 Å². The molecule has 0 unspecified atom stereocenters. The monoisotopic (exact) mass is 383 g/mol. The first-order chi connectivity index (χ1) is 8.93. The smallest absolute Gasteiger partial charge is 0.0888 e. The number of aromatic nitrogens is 5. The van der Waals surface area contributed by atoms with E-state index in [0.717, 1.165) is 22.8 Å². The maximum atomic E-state index is 4.57. The zero-order valence-corrected chi connectivity index (χ0v) is 12.7. The van der Waals surface area contributed by atoms with Gasteiger partial charge in [-0.2, -0.15) is 10.2 Å². The second-order valence-corrected chi connectivity index (χ2v) is 3.35. The third-order valence-electron chi connectivity index (χ3n) is 2.30. The molecule has 0 bridgehead atoms. The van der Waals surface area contributed by atoms with Crippen molar-refractivity contribution in [3.05, 3.63) is 42.7 Å². The fourth-order valence-electron chi connectivity index (χ4n) is 1.53. The topological polar surface area (TPSA) is 70.2 Å². The Morgan fingerprint density at radius 2 is 1.32 bits per heavy atom. The van der Waals surface area contributed by atoms with E-state index in [-0.39, 0.29) is 12.4 Å². The number of hydrogen-bond acceptors (Lipinski definition) is 3. The summed E-state index contributed by atoms with van der Waals surface area (Å²) in [5.74, 6) is 0. The average Bonchev–Trinajstić information content (AvgIpc) is 3.15. The van der Waals surface area contributed by atoms with Gasteiger partial charge in [0.2, 0.25) is 0 Å². The molecule has 2 N–H and O–H groups in total. The summed E-state index contributed by atoms with van der Waals surface area (Å²) in [7, 11) is 4.57. The van der Waals surface area contributed by atoms with Crippen LogP contribution in [0.2, 0.25) is 0 Å². The Hall–Kier alpha value is -1.23. The van der Waals surface area contributed by atoms with Crippen molar-refractivity contribution >= 4 is 9.69 Å². The standard InChI is InChI=1S/C11H9N5.2ClH.Ru/c1-2-8(10-4-6-12-15-10)14-9(3-1)11-5-7-13-16-11;;;/h1-7H,(H,12,15)(H,13,16);2*1H;/q;;;+2/p-2. The van der Waals surface area contributed by atoms with Crippen molar-refractivity contribution in [1.29, 1.82) is 0 Å². The Balaban J connectivity index is 0.000000576. The molecule has 3 aromatic heterocycles. The van der Waals surface area contributed by atoms with Gasteiger partial charge in [-0.1, -0.05) is 6.07 Å². The summed E-state index contributed by atoms with van der Waals surface area (Å²) in [6.45, 7) is 0. The molecule has 0 aromatic carbocycles. The van der Waals surface area contributed by atoms with Crippen LogP contribution >= 0.6 is 9.69 Å². The van der Waals surface area contributed by atoms with Crippen molar-refractivity contribution in [3.8, 4) is 22.8 Å². The predicted molar refractivity (Wildman–Crippen MR) is 65.3 cm³/mol. The Labute approximate surface area is 130 Å². The Bertz CT molecular complexity index is 533. The summed E-state index contributed by atoms with van der Waals surface area (Å²) in [6.07, 6.45) is 3.42. The molecule has 8 heteroatoms. The number of hydrogen-bond donors (Lipinski definition) is 2. The molecule has 0 amide bonds. The fourth-order valence-corrected chi connectivity index (χ4v) is 1.53. The van der Waals surface area contributed by atoms with Gasteiger partial charge >= 0.3 is 27.0 Å². The Morgan fingerprint density at radius 1 is 0.842 bits per heavy atom. The summed E-state index contributed by atoms with van der Waals surface area (Å²) in [6, 6.07) is 9.61. The van der Waals surface area contributed by atoms with Gasteiger partial charge in [0.25, 0.3) is 0 Å². The van der Waals surface area contributed by atoms with E-state index in [1.54, 1.807) is 12.4 Å². The second kappa shape index (κ2) is 8.05. The van der Waals surface area contributed by atoms with Crippen LogP contribution < -0.4 is 12.4 Å². The molecule has 0 aliphatic carbocycles. The van der Waals surface area contributed by atoms with Gasteiger partial charge in [0, 0.05) is 12.4 Å². The van der Waals surface area contributed by atoms with Gasteiger partial charge < -0.3 is 12.4 Å². The number of rotatable bonds is 2. The second-order valence-electron chi connectivity index (χ2n) is 3.35. The number of nitrogens with one attached hydrogen (secondary N) is 2. The van der Waals surface area contributed by atoms with Crippen LogP contribution in [0.5, 0.6) is 0 Å².